The topological polar surface area (TPSA) is 55.3 Å². The lowest BCUT2D eigenvalue weighted by Crippen LogP contribution is -2.36. The molecule has 0 spiro atoms. The van der Waals surface area contributed by atoms with Crippen LogP contribution in [-0.4, -0.2) is 39.4 Å². The van der Waals surface area contributed by atoms with Crippen LogP contribution in [-0.2, 0) is 29.5 Å². The van der Waals surface area contributed by atoms with Crippen molar-refractivity contribution in [3.63, 3.8) is 0 Å². The number of alkyl halides is 4. The average Bonchev–Trinajstić information content (AvgIpc) is 2.95. The Balaban J connectivity index is 1.76. The van der Waals surface area contributed by atoms with Gasteiger partial charge in [-0.3, -0.25) is 0 Å². The van der Waals surface area contributed by atoms with Crippen LogP contribution in [0.3, 0.4) is 0 Å². The third-order valence-electron chi connectivity index (χ3n) is 5.69. The van der Waals surface area contributed by atoms with Crippen LogP contribution in [0, 0.1) is 0 Å². The molecule has 2 aliphatic rings. The highest BCUT2D eigenvalue weighted by molar-refractivity contribution is 7.98. The van der Waals surface area contributed by atoms with E-state index < -0.39 is 30.0 Å². The van der Waals surface area contributed by atoms with Crippen LogP contribution in [0.5, 0.6) is 0 Å². The summed E-state index contributed by atoms with van der Waals surface area (Å²) in [7, 11) is 0. The summed E-state index contributed by atoms with van der Waals surface area (Å²) in [5, 5.41) is 0.170. The molecule has 0 N–H and O–H groups in total. The first kappa shape index (κ1) is 23.8. The number of rotatable bonds is 2. The van der Waals surface area contributed by atoms with Crippen LogP contribution in [0.4, 0.5) is 22.4 Å². The van der Waals surface area contributed by atoms with Gasteiger partial charge in [0, 0.05) is 42.6 Å². The largest absolute Gasteiger partial charge is 0.444 e. The molecule has 0 saturated heterocycles. The number of hydrogen-bond donors (Lipinski definition) is 0. The van der Waals surface area contributed by atoms with Crippen molar-refractivity contribution in [3.05, 3.63) is 40.6 Å². The van der Waals surface area contributed by atoms with Crippen LogP contribution in [0.1, 0.15) is 56.0 Å². The molecular formula is C23H25F4N3O2S. The van der Waals surface area contributed by atoms with E-state index in [0.717, 1.165) is 11.8 Å². The van der Waals surface area contributed by atoms with E-state index in [0.29, 0.717) is 11.1 Å². The summed E-state index contributed by atoms with van der Waals surface area (Å²) in [6.45, 7) is 4.94. The van der Waals surface area contributed by atoms with Gasteiger partial charge in [0.2, 0.25) is 0 Å². The number of hydrogen-bond acceptors (Lipinski definition) is 5. The Hall–Kier alpha value is -2.36. The summed E-state index contributed by atoms with van der Waals surface area (Å²) < 4.78 is 64.4. The maximum absolute atomic E-state index is 15.1. The van der Waals surface area contributed by atoms with E-state index in [1.807, 2.05) is 0 Å². The first-order chi connectivity index (χ1) is 15.3. The Morgan fingerprint density at radius 1 is 1.12 bits per heavy atom. The second-order valence-electron chi connectivity index (χ2n) is 9.32. The molecule has 0 fully saturated rings. The van der Waals surface area contributed by atoms with Crippen LogP contribution in [0.2, 0.25) is 0 Å². The van der Waals surface area contributed by atoms with Gasteiger partial charge >= 0.3 is 6.09 Å². The molecule has 2 heterocycles. The van der Waals surface area contributed by atoms with Gasteiger partial charge in [-0.05, 0) is 45.1 Å². The Bertz CT molecular complexity index is 1100. The first-order valence-corrected chi connectivity index (χ1v) is 11.9. The minimum atomic E-state index is -3.20. The van der Waals surface area contributed by atoms with Gasteiger partial charge in [-0.15, -0.1) is 0 Å². The fourth-order valence-electron chi connectivity index (χ4n) is 4.11. The molecule has 10 heteroatoms. The summed E-state index contributed by atoms with van der Waals surface area (Å²) >= 11 is 1.12. The SMILES string of the molecule is CSc1nc(-c2ccc3c(c2)C(F)(F)CCN(C(=O)OC(C)(C)C)C3)c2c(n1)C(F)(F)CC2. The fourth-order valence-corrected chi connectivity index (χ4v) is 4.48. The van der Waals surface area contributed by atoms with Gasteiger partial charge in [0.1, 0.15) is 11.3 Å². The lowest BCUT2D eigenvalue weighted by atomic mass is 9.95. The third-order valence-corrected chi connectivity index (χ3v) is 6.24. The second-order valence-corrected chi connectivity index (χ2v) is 10.1. The maximum Gasteiger partial charge on any atom is 0.410 e. The van der Waals surface area contributed by atoms with E-state index in [1.54, 1.807) is 33.1 Å². The van der Waals surface area contributed by atoms with Gasteiger partial charge in [0.15, 0.2) is 5.16 Å². The number of carbonyl (C=O) groups is 1. The van der Waals surface area contributed by atoms with Crippen molar-refractivity contribution in [1.29, 1.82) is 0 Å². The van der Waals surface area contributed by atoms with Gasteiger partial charge in [-0.1, -0.05) is 23.9 Å². The van der Waals surface area contributed by atoms with Crippen LogP contribution in [0.15, 0.2) is 23.4 Å². The summed E-state index contributed by atoms with van der Waals surface area (Å²) in [5.41, 5.74) is -0.121. The van der Waals surface area contributed by atoms with Crippen molar-refractivity contribution >= 4 is 17.9 Å². The average molecular weight is 484 g/mol. The zero-order valence-electron chi connectivity index (χ0n) is 18.8. The number of fused-ring (bicyclic) bond motifs is 2. The molecule has 0 radical (unpaired) electrons. The summed E-state index contributed by atoms with van der Waals surface area (Å²) in [6.07, 6.45) is 0.143. The highest BCUT2D eigenvalue weighted by atomic mass is 32.2. The predicted octanol–water partition coefficient (Wildman–Crippen LogP) is 6.14. The molecule has 33 heavy (non-hydrogen) atoms. The Morgan fingerprint density at radius 3 is 2.52 bits per heavy atom. The number of halogens is 4. The lowest BCUT2D eigenvalue weighted by Gasteiger charge is -2.26. The van der Waals surface area contributed by atoms with Crippen molar-refractivity contribution in [2.75, 3.05) is 12.8 Å². The quantitative estimate of drug-likeness (QED) is 0.292. The van der Waals surface area contributed by atoms with Gasteiger partial charge < -0.3 is 9.64 Å². The number of carbonyl (C=O) groups excluding carboxylic acids is 1. The molecule has 0 saturated carbocycles. The van der Waals surface area contributed by atoms with E-state index >= 15 is 8.78 Å². The normalized spacial score (nSPS) is 19.0. The fraction of sp³-hybridized carbons (Fsp3) is 0.522. The van der Waals surface area contributed by atoms with E-state index in [2.05, 4.69) is 9.97 Å². The molecular weight excluding hydrogens is 458 g/mol. The van der Waals surface area contributed by atoms with E-state index in [9.17, 15) is 13.6 Å². The van der Waals surface area contributed by atoms with E-state index in [4.69, 9.17) is 4.74 Å². The Labute approximate surface area is 193 Å². The van der Waals surface area contributed by atoms with Crippen molar-refractivity contribution in [1.82, 2.24) is 14.9 Å². The minimum absolute atomic E-state index is 0.0316. The van der Waals surface area contributed by atoms with Crippen molar-refractivity contribution in [2.24, 2.45) is 0 Å². The summed E-state index contributed by atoms with van der Waals surface area (Å²) in [5.74, 6) is -6.27. The number of amides is 1. The minimum Gasteiger partial charge on any atom is -0.444 e. The molecule has 178 valence electrons. The van der Waals surface area contributed by atoms with Crippen molar-refractivity contribution in [3.8, 4) is 11.3 Å². The standard InChI is InChI=1S/C23H25F4N3O2S/c1-21(2,3)32-20(31)30-10-9-22(24,25)16-11-13(5-6-14(16)12-30)17-15-7-8-23(26,27)18(15)29-19(28-17)33-4/h5-6,11H,7-10,12H2,1-4H3. The van der Waals surface area contributed by atoms with E-state index in [-0.39, 0.29) is 53.6 Å². The van der Waals surface area contributed by atoms with Gasteiger partial charge in [0.25, 0.3) is 11.8 Å². The van der Waals surface area contributed by atoms with Crippen LogP contribution >= 0.6 is 11.8 Å². The highest BCUT2D eigenvalue weighted by Crippen LogP contribution is 2.45. The van der Waals surface area contributed by atoms with E-state index in [1.165, 1.54) is 17.0 Å². The number of thioether (sulfide) groups is 1. The summed E-state index contributed by atoms with van der Waals surface area (Å²) in [6, 6.07) is 4.43. The second kappa shape index (κ2) is 8.14. The molecule has 1 aromatic heterocycles. The highest BCUT2D eigenvalue weighted by Gasteiger charge is 2.44. The maximum atomic E-state index is 15.1. The van der Waals surface area contributed by atoms with Gasteiger partial charge in [-0.2, -0.15) is 8.78 Å². The molecule has 0 atom stereocenters. The molecule has 4 rings (SSSR count). The van der Waals surface area contributed by atoms with Gasteiger partial charge in [0.05, 0.1) is 5.69 Å². The Kier molecular flexibility index (Phi) is 5.87. The number of ether oxygens (including phenoxy) is 1. The molecule has 0 bridgehead atoms. The zero-order chi connectivity index (χ0) is 24.2. The first-order valence-electron chi connectivity index (χ1n) is 10.6. The molecule has 0 unspecified atom stereocenters. The molecule has 2 aromatic rings. The Morgan fingerprint density at radius 2 is 1.85 bits per heavy atom. The van der Waals surface area contributed by atoms with Crippen LogP contribution < -0.4 is 0 Å². The van der Waals surface area contributed by atoms with Crippen LogP contribution in [0.25, 0.3) is 11.3 Å². The molecule has 1 aromatic carbocycles. The smallest absolute Gasteiger partial charge is 0.410 e. The van der Waals surface area contributed by atoms with Gasteiger partial charge in [-0.25, -0.2) is 23.5 Å². The molecule has 1 aliphatic heterocycles. The van der Waals surface area contributed by atoms with Crippen molar-refractivity contribution in [2.45, 2.75) is 69.2 Å². The summed E-state index contributed by atoms with van der Waals surface area (Å²) in [4.78, 5) is 22.2. The monoisotopic (exact) mass is 483 g/mol. The predicted molar refractivity (Wildman–Crippen MR) is 117 cm³/mol. The molecule has 5 nitrogen and oxygen atoms in total. The lowest BCUT2D eigenvalue weighted by molar-refractivity contribution is -0.0204. The number of nitrogens with zero attached hydrogens (tertiary/aromatic N) is 3. The molecule has 1 aliphatic carbocycles. The third kappa shape index (κ3) is 4.67. The number of aromatic nitrogens is 2. The number of benzene rings is 1. The zero-order valence-corrected chi connectivity index (χ0v) is 19.7. The molecule has 1 amide bonds. The van der Waals surface area contributed by atoms with Crippen molar-refractivity contribution < 1.29 is 27.1 Å².